The van der Waals surface area contributed by atoms with Gasteiger partial charge in [-0.15, -0.1) is 0 Å². The summed E-state index contributed by atoms with van der Waals surface area (Å²) in [5.74, 6) is -1.03. The van der Waals surface area contributed by atoms with Crippen molar-refractivity contribution in [3.8, 4) is 11.3 Å². The van der Waals surface area contributed by atoms with Crippen molar-refractivity contribution in [1.82, 2.24) is 4.98 Å². The number of rotatable bonds is 1. The van der Waals surface area contributed by atoms with Crippen LogP contribution in [0.3, 0.4) is 0 Å². The summed E-state index contributed by atoms with van der Waals surface area (Å²) in [6.07, 6.45) is 0. The molecule has 0 aliphatic heterocycles. The molecule has 0 aliphatic rings. The quantitative estimate of drug-likeness (QED) is 0.668. The lowest BCUT2D eigenvalue weighted by Crippen LogP contribution is -1.99. The molecule has 3 nitrogen and oxygen atoms in total. The van der Waals surface area contributed by atoms with E-state index >= 15 is 0 Å². The molecule has 0 saturated carbocycles. The normalized spacial score (nSPS) is 11.0. The Morgan fingerprint density at radius 1 is 1.00 bits per heavy atom. The predicted octanol–water partition coefficient (Wildman–Crippen LogP) is 4.00. The molecular weight excluding hydrogens is 296 g/mol. The highest BCUT2D eigenvalue weighted by atomic mass is 35.5. The molecule has 1 aromatic heterocycles. The average Bonchev–Trinajstić information content (AvgIpc) is 2.46. The number of aromatic nitrogens is 1. The van der Waals surface area contributed by atoms with Gasteiger partial charge in [0.2, 0.25) is 0 Å². The standard InChI is InChI=1S/C15H10ClF2N3/c16-10-3-1-2-8(13(10)18)12-6-9-7(15(20)21-12)4-5-11(17)14(9)19/h1-6H,19H2,(H2,20,21). The van der Waals surface area contributed by atoms with Gasteiger partial charge in [-0.3, -0.25) is 0 Å². The van der Waals surface area contributed by atoms with Crippen LogP contribution in [0.4, 0.5) is 20.3 Å². The lowest BCUT2D eigenvalue weighted by Gasteiger charge is -2.10. The van der Waals surface area contributed by atoms with Crippen molar-refractivity contribution in [1.29, 1.82) is 0 Å². The first-order chi connectivity index (χ1) is 9.99. The predicted molar refractivity (Wildman–Crippen MR) is 80.9 cm³/mol. The van der Waals surface area contributed by atoms with Gasteiger partial charge < -0.3 is 11.5 Å². The SMILES string of the molecule is Nc1nc(-c2cccc(Cl)c2F)cc2c(N)c(F)ccc12. The van der Waals surface area contributed by atoms with Gasteiger partial charge in [0.05, 0.1) is 16.4 Å². The van der Waals surface area contributed by atoms with E-state index in [-0.39, 0.29) is 27.8 Å². The molecule has 1 heterocycles. The first-order valence-corrected chi connectivity index (χ1v) is 6.45. The second-order valence-corrected chi connectivity index (χ2v) is 4.96. The number of hydrogen-bond acceptors (Lipinski definition) is 3. The number of benzene rings is 2. The number of anilines is 2. The van der Waals surface area contributed by atoms with E-state index in [0.717, 1.165) is 0 Å². The number of fused-ring (bicyclic) bond motifs is 1. The van der Waals surface area contributed by atoms with Crippen LogP contribution in [0, 0.1) is 11.6 Å². The minimum absolute atomic E-state index is 0.0276. The van der Waals surface area contributed by atoms with Crippen LogP contribution in [-0.4, -0.2) is 4.98 Å². The highest BCUT2D eigenvalue weighted by Crippen LogP contribution is 2.33. The molecule has 3 rings (SSSR count). The highest BCUT2D eigenvalue weighted by molar-refractivity contribution is 6.31. The maximum absolute atomic E-state index is 14.1. The molecule has 6 heteroatoms. The van der Waals surface area contributed by atoms with Gasteiger partial charge in [-0.05, 0) is 30.3 Å². The fraction of sp³-hybridized carbons (Fsp3) is 0. The Morgan fingerprint density at radius 2 is 1.76 bits per heavy atom. The van der Waals surface area contributed by atoms with E-state index in [1.807, 2.05) is 0 Å². The largest absolute Gasteiger partial charge is 0.396 e. The molecule has 0 aliphatic carbocycles. The maximum Gasteiger partial charge on any atom is 0.151 e. The molecule has 4 N–H and O–H groups in total. The van der Waals surface area contributed by atoms with Gasteiger partial charge in [0.15, 0.2) is 5.82 Å². The Hall–Kier alpha value is -2.40. The van der Waals surface area contributed by atoms with Crippen molar-refractivity contribution in [2.75, 3.05) is 11.5 Å². The Kier molecular flexibility index (Phi) is 3.14. The third-order valence-electron chi connectivity index (χ3n) is 3.26. The molecule has 0 atom stereocenters. The molecule has 0 fully saturated rings. The molecule has 106 valence electrons. The van der Waals surface area contributed by atoms with E-state index in [0.29, 0.717) is 10.8 Å². The first-order valence-electron chi connectivity index (χ1n) is 6.07. The van der Waals surface area contributed by atoms with Crippen molar-refractivity contribution in [3.63, 3.8) is 0 Å². The van der Waals surface area contributed by atoms with Crippen LogP contribution in [0.5, 0.6) is 0 Å². The smallest absolute Gasteiger partial charge is 0.151 e. The van der Waals surface area contributed by atoms with Gasteiger partial charge in [0, 0.05) is 16.3 Å². The Balaban J connectivity index is 2.35. The summed E-state index contributed by atoms with van der Waals surface area (Å²) in [5, 5.41) is 0.872. The van der Waals surface area contributed by atoms with Crippen LogP contribution >= 0.6 is 11.6 Å². The van der Waals surface area contributed by atoms with E-state index in [9.17, 15) is 8.78 Å². The van der Waals surface area contributed by atoms with Crippen molar-refractivity contribution in [2.24, 2.45) is 0 Å². The molecule has 2 aromatic carbocycles. The molecule has 0 unspecified atom stereocenters. The summed E-state index contributed by atoms with van der Waals surface area (Å²) in [4.78, 5) is 4.15. The fourth-order valence-corrected chi connectivity index (χ4v) is 2.36. The molecule has 0 radical (unpaired) electrons. The van der Waals surface area contributed by atoms with Crippen molar-refractivity contribution >= 4 is 33.9 Å². The van der Waals surface area contributed by atoms with Crippen molar-refractivity contribution in [3.05, 3.63) is 53.1 Å². The third-order valence-corrected chi connectivity index (χ3v) is 3.55. The minimum atomic E-state index is -0.611. The van der Waals surface area contributed by atoms with Gasteiger partial charge in [0.25, 0.3) is 0 Å². The van der Waals surface area contributed by atoms with Crippen LogP contribution in [0.15, 0.2) is 36.4 Å². The maximum atomic E-state index is 14.1. The molecule has 0 bridgehead atoms. The van der Waals surface area contributed by atoms with Gasteiger partial charge in [-0.1, -0.05) is 17.7 Å². The second-order valence-electron chi connectivity index (χ2n) is 4.55. The summed E-state index contributed by atoms with van der Waals surface area (Å²) in [7, 11) is 0. The number of nitrogens with zero attached hydrogens (tertiary/aromatic N) is 1. The number of nitrogen functional groups attached to an aromatic ring is 2. The third kappa shape index (κ3) is 2.15. The van der Waals surface area contributed by atoms with Crippen LogP contribution in [0.1, 0.15) is 0 Å². The zero-order valence-corrected chi connectivity index (χ0v) is 11.5. The van der Waals surface area contributed by atoms with E-state index in [2.05, 4.69) is 4.98 Å². The molecule has 3 aromatic rings. The molecule has 0 amide bonds. The van der Waals surface area contributed by atoms with Gasteiger partial charge in [0.1, 0.15) is 11.6 Å². The van der Waals surface area contributed by atoms with Crippen LogP contribution in [-0.2, 0) is 0 Å². The summed E-state index contributed by atoms with van der Waals surface area (Å²) >= 11 is 5.76. The van der Waals surface area contributed by atoms with Crippen molar-refractivity contribution < 1.29 is 8.78 Å². The second kappa shape index (κ2) is 4.86. The van der Waals surface area contributed by atoms with Crippen LogP contribution in [0.25, 0.3) is 22.0 Å². The van der Waals surface area contributed by atoms with Gasteiger partial charge in [-0.25, -0.2) is 13.8 Å². The number of halogens is 3. The molecule has 21 heavy (non-hydrogen) atoms. The number of pyridine rings is 1. The van der Waals surface area contributed by atoms with Crippen LogP contribution in [0.2, 0.25) is 5.02 Å². The summed E-state index contributed by atoms with van der Waals surface area (Å²) in [5.41, 5.74) is 12.0. The number of hydrogen-bond donors (Lipinski definition) is 2. The van der Waals surface area contributed by atoms with Crippen LogP contribution < -0.4 is 11.5 Å². The lowest BCUT2D eigenvalue weighted by atomic mass is 10.0. The zero-order chi connectivity index (χ0) is 15.1. The Morgan fingerprint density at radius 3 is 2.52 bits per heavy atom. The number of nitrogens with two attached hydrogens (primary N) is 2. The van der Waals surface area contributed by atoms with Gasteiger partial charge in [-0.2, -0.15) is 0 Å². The van der Waals surface area contributed by atoms with E-state index in [1.54, 1.807) is 6.07 Å². The summed E-state index contributed by atoms with van der Waals surface area (Å²) in [6.45, 7) is 0. The first kappa shape index (κ1) is 13.6. The van der Waals surface area contributed by atoms with E-state index in [1.165, 1.54) is 30.3 Å². The Bertz CT molecular complexity index is 865. The van der Waals surface area contributed by atoms with E-state index in [4.69, 9.17) is 23.1 Å². The highest BCUT2D eigenvalue weighted by Gasteiger charge is 2.14. The van der Waals surface area contributed by atoms with Gasteiger partial charge >= 0.3 is 0 Å². The zero-order valence-electron chi connectivity index (χ0n) is 10.7. The topological polar surface area (TPSA) is 64.9 Å². The van der Waals surface area contributed by atoms with Crippen molar-refractivity contribution in [2.45, 2.75) is 0 Å². The monoisotopic (exact) mass is 305 g/mol. The lowest BCUT2D eigenvalue weighted by molar-refractivity contribution is 0.631. The average molecular weight is 306 g/mol. The molecule has 0 saturated heterocycles. The Labute approximate surface area is 124 Å². The molecule has 0 spiro atoms. The minimum Gasteiger partial charge on any atom is -0.396 e. The fourth-order valence-electron chi connectivity index (χ4n) is 2.19. The van der Waals surface area contributed by atoms with E-state index < -0.39 is 11.6 Å². The molecular formula is C15H10ClF2N3. The summed E-state index contributed by atoms with van der Waals surface area (Å²) < 4.78 is 27.7. The summed E-state index contributed by atoms with van der Waals surface area (Å²) in [6, 6.07) is 8.75.